The van der Waals surface area contributed by atoms with E-state index in [0.717, 1.165) is 73.4 Å². The lowest BCUT2D eigenvalue weighted by Crippen LogP contribution is -2.35. The van der Waals surface area contributed by atoms with Gasteiger partial charge in [-0.25, -0.2) is 4.98 Å². The van der Waals surface area contributed by atoms with Crippen LogP contribution in [0.15, 0.2) is 71.8 Å². The number of piperidine rings is 1. The molecule has 1 aliphatic heterocycles. The average molecular weight is 567 g/mol. The molecule has 4 aromatic rings. The molecule has 1 amide bonds. The largest absolute Gasteiger partial charge is 0.393 e. The summed E-state index contributed by atoms with van der Waals surface area (Å²) in [6.07, 6.45) is 7.48. The third-order valence-electron chi connectivity index (χ3n) is 7.79. The van der Waals surface area contributed by atoms with Crippen LogP contribution in [0.1, 0.15) is 54.2 Å². The molecule has 9 nitrogen and oxygen atoms in total. The van der Waals surface area contributed by atoms with Crippen molar-refractivity contribution in [3.8, 4) is 11.3 Å². The minimum atomic E-state index is -0.244. The average Bonchev–Trinajstić information content (AvgIpc) is 3.00. The van der Waals surface area contributed by atoms with Gasteiger partial charge in [-0.2, -0.15) is 0 Å². The van der Waals surface area contributed by atoms with Crippen LogP contribution in [0.2, 0.25) is 0 Å². The van der Waals surface area contributed by atoms with Crippen LogP contribution in [0, 0.1) is 6.92 Å². The van der Waals surface area contributed by atoms with Crippen molar-refractivity contribution in [2.45, 2.75) is 52.1 Å². The van der Waals surface area contributed by atoms with E-state index in [4.69, 9.17) is 4.98 Å². The fourth-order valence-corrected chi connectivity index (χ4v) is 5.26. The fourth-order valence-electron chi connectivity index (χ4n) is 5.26. The first-order valence-electron chi connectivity index (χ1n) is 14.6. The Balaban J connectivity index is 1.37. The first-order chi connectivity index (χ1) is 20.3. The molecule has 0 radical (unpaired) electrons. The quantitative estimate of drug-likeness (QED) is 0.247. The Morgan fingerprint density at radius 2 is 1.83 bits per heavy atom. The first kappa shape index (κ1) is 29.0. The monoisotopic (exact) mass is 566 g/mol. The summed E-state index contributed by atoms with van der Waals surface area (Å²) in [5.41, 5.74) is 5.91. The van der Waals surface area contributed by atoms with Crippen LogP contribution >= 0.6 is 0 Å². The minimum absolute atomic E-state index is 0.200. The second-order valence-electron chi connectivity index (χ2n) is 10.8. The Hall–Kier alpha value is -4.50. The maximum Gasteiger partial charge on any atom is 0.293 e. The zero-order chi connectivity index (χ0) is 29.6. The van der Waals surface area contributed by atoms with Crippen molar-refractivity contribution in [3.63, 3.8) is 0 Å². The summed E-state index contributed by atoms with van der Waals surface area (Å²) in [5, 5.41) is 16.0. The molecule has 0 atom stereocenters. The summed E-state index contributed by atoms with van der Waals surface area (Å²) in [4.78, 5) is 37.7. The van der Waals surface area contributed by atoms with Crippen molar-refractivity contribution < 1.29 is 9.90 Å². The molecule has 1 aliphatic rings. The van der Waals surface area contributed by atoms with Gasteiger partial charge in [0.05, 0.1) is 23.1 Å². The van der Waals surface area contributed by atoms with Gasteiger partial charge in [0.2, 0.25) is 0 Å². The summed E-state index contributed by atoms with van der Waals surface area (Å²) >= 11 is 0. The zero-order valence-electron chi connectivity index (χ0n) is 24.4. The van der Waals surface area contributed by atoms with Crippen molar-refractivity contribution in [3.05, 3.63) is 94.2 Å². The number of nitrogens with zero attached hydrogens (tertiary/aromatic N) is 4. The summed E-state index contributed by atoms with van der Waals surface area (Å²) in [5.74, 6) is 0.0167. The molecule has 2 aromatic heterocycles. The number of pyridine rings is 1. The lowest BCUT2D eigenvalue weighted by Gasteiger charge is -2.31. The number of aryl methyl sites for hydroxylation is 2. The van der Waals surface area contributed by atoms with Crippen molar-refractivity contribution in [2.75, 3.05) is 28.6 Å². The van der Waals surface area contributed by atoms with E-state index in [2.05, 4.69) is 27.4 Å². The SMILES string of the molecule is CCCCc1ncccc1C(=O)Nc1cccc(-c2cn(C)c(=O)c(Nc3ccc(N4CCC(O)CC4)cc3)n2)c1C. The molecule has 1 saturated heterocycles. The highest BCUT2D eigenvalue weighted by Crippen LogP contribution is 2.29. The molecule has 9 heteroatoms. The van der Waals surface area contributed by atoms with E-state index in [0.29, 0.717) is 16.9 Å². The van der Waals surface area contributed by atoms with Crippen LogP contribution in [-0.4, -0.2) is 44.7 Å². The minimum Gasteiger partial charge on any atom is -0.393 e. The molecule has 3 heterocycles. The normalized spacial score (nSPS) is 13.7. The number of amides is 1. The maximum atomic E-state index is 13.3. The summed E-state index contributed by atoms with van der Waals surface area (Å²) in [6, 6.07) is 17.2. The second-order valence-corrected chi connectivity index (χ2v) is 10.8. The summed E-state index contributed by atoms with van der Waals surface area (Å²) in [7, 11) is 1.70. The number of aromatic nitrogens is 3. The molecule has 0 bridgehead atoms. The van der Waals surface area contributed by atoms with Crippen molar-refractivity contribution in [2.24, 2.45) is 7.05 Å². The summed E-state index contributed by atoms with van der Waals surface area (Å²) < 4.78 is 1.51. The van der Waals surface area contributed by atoms with Crippen LogP contribution in [0.5, 0.6) is 0 Å². The van der Waals surface area contributed by atoms with E-state index < -0.39 is 0 Å². The van der Waals surface area contributed by atoms with Gasteiger partial charge in [-0.05, 0) is 80.6 Å². The van der Waals surface area contributed by atoms with Crippen molar-refractivity contribution in [1.29, 1.82) is 0 Å². The van der Waals surface area contributed by atoms with Gasteiger partial charge in [0.1, 0.15) is 0 Å². The Bertz CT molecular complexity index is 1610. The highest BCUT2D eigenvalue weighted by Gasteiger charge is 2.18. The van der Waals surface area contributed by atoms with E-state index in [1.807, 2.05) is 55.5 Å². The van der Waals surface area contributed by atoms with Crippen molar-refractivity contribution in [1.82, 2.24) is 14.5 Å². The van der Waals surface area contributed by atoms with Crippen LogP contribution < -0.4 is 21.1 Å². The van der Waals surface area contributed by atoms with E-state index in [1.54, 1.807) is 25.5 Å². The van der Waals surface area contributed by atoms with Gasteiger partial charge in [0.25, 0.3) is 11.5 Å². The van der Waals surface area contributed by atoms with Crippen molar-refractivity contribution >= 4 is 28.8 Å². The highest BCUT2D eigenvalue weighted by atomic mass is 16.3. The number of unbranched alkanes of at least 4 members (excludes halogenated alkanes) is 1. The lowest BCUT2D eigenvalue weighted by molar-refractivity contribution is 0.102. The number of nitrogens with one attached hydrogen (secondary N) is 2. The van der Waals surface area contributed by atoms with E-state index >= 15 is 0 Å². The number of rotatable bonds is 9. The zero-order valence-corrected chi connectivity index (χ0v) is 24.4. The number of benzene rings is 2. The van der Waals surface area contributed by atoms with Gasteiger partial charge >= 0.3 is 0 Å². The number of aliphatic hydroxyl groups excluding tert-OH is 1. The second kappa shape index (κ2) is 13.0. The third-order valence-corrected chi connectivity index (χ3v) is 7.79. The third kappa shape index (κ3) is 6.52. The molecule has 0 saturated carbocycles. The topological polar surface area (TPSA) is 112 Å². The molecular formula is C33H38N6O3. The molecular weight excluding hydrogens is 528 g/mol. The van der Waals surface area contributed by atoms with E-state index in [1.165, 1.54) is 4.57 Å². The molecule has 0 aliphatic carbocycles. The lowest BCUT2D eigenvalue weighted by atomic mass is 10.0. The Kier molecular flexibility index (Phi) is 8.97. The number of carbonyl (C=O) groups excluding carboxylic acids is 1. The number of aliphatic hydroxyl groups is 1. The molecule has 5 rings (SSSR count). The van der Waals surface area contributed by atoms with E-state index in [-0.39, 0.29) is 23.4 Å². The van der Waals surface area contributed by atoms with Gasteiger partial charge in [0.15, 0.2) is 5.82 Å². The van der Waals surface area contributed by atoms with E-state index in [9.17, 15) is 14.7 Å². The Labute approximate surface area is 246 Å². The number of hydrogen-bond donors (Lipinski definition) is 3. The Morgan fingerprint density at radius 1 is 1.07 bits per heavy atom. The van der Waals surface area contributed by atoms with Crippen LogP contribution in [0.3, 0.4) is 0 Å². The van der Waals surface area contributed by atoms with Crippen LogP contribution in [0.25, 0.3) is 11.3 Å². The van der Waals surface area contributed by atoms with Gasteiger partial charge in [0, 0.05) is 55.2 Å². The molecule has 0 unspecified atom stereocenters. The van der Waals surface area contributed by atoms with Gasteiger partial charge < -0.3 is 25.2 Å². The molecule has 0 spiro atoms. The smallest absolute Gasteiger partial charge is 0.293 e. The van der Waals surface area contributed by atoms with Gasteiger partial charge in [-0.3, -0.25) is 14.6 Å². The predicted molar refractivity (Wildman–Crippen MR) is 168 cm³/mol. The predicted octanol–water partition coefficient (Wildman–Crippen LogP) is 5.45. The highest BCUT2D eigenvalue weighted by molar-refractivity contribution is 6.05. The number of anilines is 4. The Morgan fingerprint density at radius 3 is 2.57 bits per heavy atom. The van der Waals surface area contributed by atoms with Crippen LogP contribution in [-0.2, 0) is 13.5 Å². The number of hydrogen-bond acceptors (Lipinski definition) is 7. The fraction of sp³-hybridized carbons (Fsp3) is 0.333. The van der Waals surface area contributed by atoms with Crippen LogP contribution in [0.4, 0.5) is 22.9 Å². The first-order valence-corrected chi connectivity index (χ1v) is 14.6. The standard InChI is InChI=1S/C33H38N6O3/c1-4-5-10-29-27(9-7-18-34-29)32(41)37-28-11-6-8-26(22(28)2)30-21-38(3)33(42)31(36-30)35-23-12-14-24(15-13-23)39-19-16-25(40)17-20-39/h6-9,11-15,18,21,25,40H,4-5,10,16-17,19-20H2,1-3H3,(H,35,36)(H,37,41). The molecule has 218 valence electrons. The molecule has 1 fully saturated rings. The van der Waals surface area contributed by atoms with Gasteiger partial charge in [-0.1, -0.05) is 25.5 Å². The molecule has 3 N–H and O–H groups in total. The molecule has 42 heavy (non-hydrogen) atoms. The maximum absolute atomic E-state index is 13.3. The number of carbonyl (C=O) groups is 1. The summed E-state index contributed by atoms with van der Waals surface area (Å²) in [6.45, 7) is 5.69. The van der Waals surface area contributed by atoms with Gasteiger partial charge in [-0.15, -0.1) is 0 Å². The molecule has 2 aromatic carbocycles.